The van der Waals surface area contributed by atoms with Crippen LogP contribution in [0.15, 0.2) is 72.1 Å². The number of carbonyl (C=O) groups excluding carboxylic acids is 1. The summed E-state index contributed by atoms with van der Waals surface area (Å²) in [6.45, 7) is 4.00. The van der Waals surface area contributed by atoms with Crippen molar-refractivity contribution in [3.05, 3.63) is 82.6 Å². The highest BCUT2D eigenvalue weighted by molar-refractivity contribution is 6.30. The van der Waals surface area contributed by atoms with Crippen molar-refractivity contribution in [3.63, 3.8) is 0 Å². The third kappa shape index (κ3) is 5.05. The number of rotatable bonds is 5. The van der Waals surface area contributed by atoms with Crippen molar-refractivity contribution in [1.82, 2.24) is 0 Å². The van der Waals surface area contributed by atoms with Crippen LogP contribution in [0.5, 0.6) is 0 Å². The molecule has 0 N–H and O–H groups in total. The van der Waals surface area contributed by atoms with Gasteiger partial charge in [0.15, 0.2) is 5.78 Å². The van der Waals surface area contributed by atoms with Gasteiger partial charge in [0, 0.05) is 10.6 Å². The average Bonchev–Trinajstić information content (AvgIpc) is 2.70. The molecule has 1 aromatic rings. The summed E-state index contributed by atoms with van der Waals surface area (Å²) in [6.07, 6.45) is 12.3. The molecule has 1 aliphatic carbocycles. The lowest BCUT2D eigenvalue weighted by atomic mass is 10.1. The fraction of sp³-hybridized carbons (Fsp3) is 0.211. The number of ketones is 1. The summed E-state index contributed by atoms with van der Waals surface area (Å²) >= 11 is 5.82. The first-order valence-electron chi connectivity index (χ1n) is 7.27. The second kappa shape index (κ2) is 7.81. The summed E-state index contributed by atoms with van der Waals surface area (Å²) in [5.74, 6) is 0.820. The van der Waals surface area contributed by atoms with Crippen LogP contribution in [-0.2, 0) is 4.74 Å². The Balaban J connectivity index is 2.00. The van der Waals surface area contributed by atoms with Crippen molar-refractivity contribution in [2.45, 2.75) is 26.4 Å². The van der Waals surface area contributed by atoms with Crippen LogP contribution in [0.25, 0.3) is 0 Å². The third-order valence-corrected chi connectivity index (χ3v) is 3.29. The van der Waals surface area contributed by atoms with Gasteiger partial charge in [-0.1, -0.05) is 29.8 Å². The standard InChI is InChI=1S/C19H19ClO2/c1-14(2)22-18-5-3-4-15(6-12-18)7-13-19(21)16-8-10-17(20)11-9-16/h4-14H,3H2,1-2H3/b13-7+. The van der Waals surface area contributed by atoms with Crippen LogP contribution in [0.4, 0.5) is 0 Å². The molecular weight excluding hydrogens is 296 g/mol. The number of ether oxygens (including phenoxy) is 1. The maximum atomic E-state index is 12.1. The predicted octanol–water partition coefficient (Wildman–Crippen LogP) is 5.27. The van der Waals surface area contributed by atoms with E-state index >= 15 is 0 Å². The molecule has 0 bridgehead atoms. The second-order valence-corrected chi connectivity index (χ2v) is 5.69. The fourth-order valence-electron chi connectivity index (χ4n) is 1.99. The number of carbonyl (C=O) groups is 1. The topological polar surface area (TPSA) is 26.3 Å². The minimum atomic E-state index is -0.0400. The molecule has 1 aliphatic rings. The molecule has 3 heteroatoms. The van der Waals surface area contributed by atoms with Gasteiger partial charge in [0.05, 0.1) is 6.10 Å². The molecule has 0 fully saturated rings. The lowest BCUT2D eigenvalue weighted by molar-refractivity contribution is 0.104. The molecule has 0 heterocycles. The Kier molecular flexibility index (Phi) is 5.79. The molecule has 0 spiro atoms. The van der Waals surface area contributed by atoms with Crippen LogP contribution in [0.1, 0.15) is 30.6 Å². The molecular formula is C19H19ClO2. The first kappa shape index (κ1) is 16.3. The van der Waals surface area contributed by atoms with Gasteiger partial charge < -0.3 is 4.74 Å². The van der Waals surface area contributed by atoms with Gasteiger partial charge in [0.25, 0.3) is 0 Å². The maximum Gasteiger partial charge on any atom is 0.185 e. The second-order valence-electron chi connectivity index (χ2n) is 5.25. The highest BCUT2D eigenvalue weighted by Crippen LogP contribution is 2.15. The molecule has 0 aliphatic heterocycles. The van der Waals surface area contributed by atoms with Crippen LogP contribution in [0.3, 0.4) is 0 Å². The molecule has 0 atom stereocenters. The van der Waals surface area contributed by atoms with Crippen LogP contribution in [-0.4, -0.2) is 11.9 Å². The SMILES string of the molecule is CC(C)OC1=CCC=C(/C=C/C(=O)c2ccc(Cl)cc2)C=C1. The molecule has 22 heavy (non-hydrogen) atoms. The number of hydrogen-bond donors (Lipinski definition) is 0. The monoisotopic (exact) mass is 314 g/mol. The molecule has 0 aromatic heterocycles. The van der Waals surface area contributed by atoms with Gasteiger partial charge in [-0.25, -0.2) is 0 Å². The van der Waals surface area contributed by atoms with Gasteiger partial charge in [-0.3, -0.25) is 4.79 Å². The molecule has 0 saturated heterocycles. The van der Waals surface area contributed by atoms with Crippen molar-refractivity contribution in [1.29, 1.82) is 0 Å². The molecule has 1 aromatic carbocycles. The zero-order valence-corrected chi connectivity index (χ0v) is 13.5. The smallest absolute Gasteiger partial charge is 0.185 e. The van der Waals surface area contributed by atoms with E-state index in [0.29, 0.717) is 10.6 Å². The Hall–Kier alpha value is -2.06. The molecule has 0 saturated carbocycles. The van der Waals surface area contributed by atoms with Gasteiger partial charge in [-0.2, -0.15) is 0 Å². The largest absolute Gasteiger partial charge is 0.491 e. The molecule has 2 nitrogen and oxygen atoms in total. The van der Waals surface area contributed by atoms with Crippen molar-refractivity contribution >= 4 is 17.4 Å². The van der Waals surface area contributed by atoms with Crippen molar-refractivity contribution in [2.75, 3.05) is 0 Å². The Morgan fingerprint density at radius 2 is 1.91 bits per heavy atom. The minimum Gasteiger partial charge on any atom is -0.491 e. The number of halogens is 1. The summed E-state index contributed by atoms with van der Waals surface area (Å²) < 4.78 is 5.66. The van der Waals surface area contributed by atoms with Gasteiger partial charge in [0.1, 0.15) is 5.76 Å². The first-order valence-corrected chi connectivity index (χ1v) is 7.65. The van der Waals surface area contributed by atoms with E-state index in [2.05, 4.69) is 6.08 Å². The van der Waals surface area contributed by atoms with Gasteiger partial charge in [-0.05, 0) is 68.3 Å². The van der Waals surface area contributed by atoms with Crippen molar-refractivity contribution in [2.24, 2.45) is 0 Å². The summed E-state index contributed by atoms with van der Waals surface area (Å²) in [5.41, 5.74) is 1.61. The average molecular weight is 315 g/mol. The van der Waals surface area contributed by atoms with Crippen LogP contribution < -0.4 is 0 Å². The van der Waals surface area contributed by atoms with Crippen LogP contribution in [0, 0.1) is 0 Å². The zero-order valence-electron chi connectivity index (χ0n) is 12.8. The van der Waals surface area contributed by atoms with E-state index in [1.54, 1.807) is 30.3 Å². The van der Waals surface area contributed by atoms with E-state index < -0.39 is 0 Å². The molecule has 0 amide bonds. The number of allylic oxidation sites excluding steroid dienone is 7. The first-order chi connectivity index (χ1) is 10.5. The van der Waals surface area contributed by atoms with E-state index in [-0.39, 0.29) is 11.9 Å². The highest BCUT2D eigenvalue weighted by atomic mass is 35.5. The highest BCUT2D eigenvalue weighted by Gasteiger charge is 2.03. The van der Waals surface area contributed by atoms with Gasteiger partial charge >= 0.3 is 0 Å². The van der Waals surface area contributed by atoms with Crippen molar-refractivity contribution in [3.8, 4) is 0 Å². The third-order valence-electron chi connectivity index (χ3n) is 3.04. The van der Waals surface area contributed by atoms with Crippen molar-refractivity contribution < 1.29 is 9.53 Å². The molecule has 2 rings (SSSR count). The van der Waals surface area contributed by atoms with E-state index in [1.165, 1.54) is 0 Å². The van der Waals surface area contributed by atoms with E-state index in [1.807, 2.05) is 38.2 Å². The lowest BCUT2D eigenvalue weighted by Gasteiger charge is -2.09. The lowest BCUT2D eigenvalue weighted by Crippen LogP contribution is -2.00. The molecule has 114 valence electrons. The normalized spacial score (nSPS) is 14.7. The zero-order chi connectivity index (χ0) is 15.9. The summed E-state index contributed by atoms with van der Waals surface area (Å²) in [6, 6.07) is 6.88. The Bertz CT molecular complexity index is 647. The summed E-state index contributed by atoms with van der Waals surface area (Å²) in [4.78, 5) is 12.1. The van der Waals surface area contributed by atoms with Crippen LogP contribution >= 0.6 is 11.6 Å². The Morgan fingerprint density at radius 3 is 2.59 bits per heavy atom. The number of benzene rings is 1. The Labute approximate surface area is 136 Å². The predicted molar refractivity (Wildman–Crippen MR) is 91.1 cm³/mol. The molecule has 0 unspecified atom stereocenters. The molecule has 0 radical (unpaired) electrons. The summed E-state index contributed by atoms with van der Waals surface area (Å²) in [7, 11) is 0. The minimum absolute atomic E-state index is 0.0400. The van der Waals surface area contributed by atoms with E-state index in [4.69, 9.17) is 16.3 Å². The summed E-state index contributed by atoms with van der Waals surface area (Å²) in [5, 5.41) is 0.624. The van der Waals surface area contributed by atoms with E-state index in [0.717, 1.165) is 17.8 Å². The Morgan fingerprint density at radius 1 is 1.18 bits per heavy atom. The van der Waals surface area contributed by atoms with Gasteiger partial charge in [0.2, 0.25) is 0 Å². The number of hydrogen-bond acceptors (Lipinski definition) is 2. The quantitative estimate of drug-likeness (QED) is 0.546. The fourth-order valence-corrected chi connectivity index (χ4v) is 2.12. The van der Waals surface area contributed by atoms with E-state index in [9.17, 15) is 4.79 Å². The van der Waals surface area contributed by atoms with Crippen LogP contribution in [0.2, 0.25) is 5.02 Å². The van der Waals surface area contributed by atoms with Gasteiger partial charge in [-0.15, -0.1) is 0 Å². The maximum absolute atomic E-state index is 12.1.